The number of nitrogens with zero attached hydrogens (tertiary/aromatic N) is 1. The summed E-state index contributed by atoms with van der Waals surface area (Å²) in [6, 6.07) is 0. The summed E-state index contributed by atoms with van der Waals surface area (Å²) in [6.07, 6.45) is 1.71. The first-order valence-corrected chi connectivity index (χ1v) is 5.26. The maximum atomic E-state index is 11.4. The summed E-state index contributed by atoms with van der Waals surface area (Å²) in [5.41, 5.74) is 0. The average molecular weight is 213 g/mol. The summed E-state index contributed by atoms with van der Waals surface area (Å²) in [6.45, 7) is 7.53. The Kier molecular flexibility index (Phi) is 4.62. The average Bonchev–Trinajstić information content (AvgIpc) is 2.18. The lowest BCUT2D eigenvalue weighted by Crippen LogP contribution is -2.34. The number of carbonyl (C=O) groups excluding carboxylic acids is 1. The topological polar surface area (TPSA) is 38.8 Å². The molecule has 0 bridgehead atoms. The lowest BCUT2D eigenvalue weighted by molar-refractivity contribution is 0.0539. The summed E-state index contributed by atoms with van der Waals surface area (Å²) >= 11 is 0. The number of hydrogen-bond donors (Lipinski definition) is 0. The predicted octanol–water partition coefficient (Wildman–Crippen LogP) is 2.02. The first-order valence-electron chi connectivity index (χ1n) is 5.26. The van der Waals surface area contributed by atoms with Crippen molar-refractivity contribution < 1.29 is 14.3 Å². The van der Waals surface area contributed by atoms with E-state index in [9.17, 15) is 4.79 Å². The number of amides is 1. The van der Waals surface area contributed by atoms with Crippen LogP contribution in [0.5, 0.6) is 0 Å². The molecule has 0 saturated carbocycles. The molecule has 1 saturated heterocycles. The van der Waals surface area contributed by atoms with Gasteiger partial charge in [-0.25, -0.2) is 4.79 Å². The van der Waals surface area contributed by atoms with Crippen LogP contribution in [0.25, 0.3) is 0 Å². The molecule has 4 nitrogen and oxygen atoms in total. The molecule has 0 atom stereocenters. The first kappa shape index (κ1) is 12.0. The van der Waals surface area contributed by atoms with Crippen molar-refractivity contribution in [3.05, 3.63) is 12.3 Å². The molecule has 0 aromatic rings. The second kappa shape index (κ2) is 5.75. The second-order valence-electron chi connectivity index (χ2n) is 4.01. The maximum Gasteiger partial charge on any atom is 0.414 e. The predicted molar refractivity (Wildman–Crippen MR) is 57.5 cm³/mol. The highest BCUT2D eigenvalue weighted by Crippen LogP contribution is 2.16. The van der Waals surface area contributed by atoms with Crippen LogP contribution in [0.1, 0.15) is 19.8 Å². The Hall–Kier alpha value is -1.03. The van der Waals surface area contributed by atoms with E-state index in [-0.39, 0.29) is 6.09 Å². The van der Waals surface area contributed by atoms with Crippen LogP contribution in [0.3, 0.4) is 0 Å². The maximum absolute atomic E-state index is 11.4. The summed E-state index contributed by atoms with van der Waals surface area (Å²) < 4.78 is 10.2. The number of rotatable bonds is 3. The summed E-state index contributed by atoms with van der Waals surface area (Å²) in [5, 5.41) is 0. The number of ether oxygens (including phenoxy) is 2. The molecule has 0 unspecified atom stereocenters. The molecule has 1 aliphatic heterocycles. The minimum atomic E-state index is -0.325. The molecule has 0 spiro atoms. The summed E-state index contributed by atoms with van der Waals surface area (Å²) in [5.74, 6) is 0.959. The molecule has 0 aliphatic carbocycles. The first-order chi connectivity index (χ1) is 7.09. The molecule has 15 heavy (non-hydrogen) atoms. The SMILES string of the molecule is C=C(C)OC(=O)N(C)CC1CCOCC1. The fraction of sp³-hybridized carbons (Fsp3) is 0.727. The Morgan fingerprint density at radius 1 is 1.53 bits per heavy atom. The second-order valence-corrected chi connectivity index (χ2v) is 4.01. The Morgan fingerprint density at radius 2 is 2.13 bits per heavy atom. The van der Waals surface area contributed by atoms with E-state index in [1.54, 1.807) is 18.9 Å². The van der Waals surface area contributed by atoms with Crippen molar-refractivity contribution in [3.63, 3.8) is 0 Å². The van der Waals surface area contributed by atoms with Crippen molar-refractivity contribution in [2.75, 3.05) is 26.8 Å². The summed E-state index contributed by atoms with van der Waals surface area (Å²) in [7, 11) is 1.75. The van der Waals surface area contributed by atoms with Crippen LogP contribution in [-0.2, 0) is 9.47 Å². The van der Waals surface area contributed by atoms with Gasteiger partial charge in [-0.2, -0.15) is 0 Å². The minimum Gasteiger partial charge on any atom is -0.416 e. The van der Waals surface area contributed by atoms with Crippen molar-refractivity contribution in [1.82, 2.24) is 4.90 Å². The van der Waals surface area contributed by atoms with E-state index in [2.05, 4.69) is 6.58 Å². The van der Waals surface area contributed by atoms with Gasteiger partial charge in [0, 0.05) is 26.8 Å². The molecule has 4 heteroatoms. The van der Waals surface area contributed by atoms with Crippen molar-refractivity contribution in [2.45, 2.75) is 19.8 Å². The fourth-order valence-corrected chi connectivity index (χ4v) is 1.62. The largest absolute Gasteiger partial charge is 0.416 e. The van der Waals surface area contributed by atoms with Gasteiger partial charge in [-0.1, -0.05) is 6.58 Å². The van der Waals surface area contributed by atoms with Crippen LogP contribution in [-0.4, -0.2) is 37.8 Å². The highest BCUT2D eigenvalue weighted by atomic mass is 16.6. The molecule has 1 aliphatic rings. The normalized spacial score (nSPS) is 17.2. The Bertz CT molecular complexity index is 234. The quantitative estimate of drug-likeness (QED) is 0.673. The van der Waals surface area contributed by atoms with Crippen LogP contribution >= 0.6 is 0 Å². The smallest absolute Gasteiger partial charge is 0.414 e. The molecule has 1 amide bonds. The van der Waals surface area contributed by atoms with Gasteiger partial charge in [-0.15, -0.1) is 0 Å². The molecular formula is C11H19NO3. The molecule has 0 N–H and O–H groups in total. The zero-order valence-electron chi connectivity index (χ0n) is 9.49. The Balaban J connectivity index is 2.29. The lowest BCUT2D eigenvalue weighted by atomic mass is 10.0. The Labute approximate surface area is 90.8 Å². The highest BCUT2D eigenvalue weighted by molar-refractivity contribution is 5.68. The monoisotopic (exact) mass is 213 g/mol. The molecule has 0 radical (unpaired) electrons. The van der Waals surface area contributed by atoms with Gasteiger partial charge in [0.05, 0.1) is 5.76 Å². The van der Waals surface area contributed by atoms with Crippen LogP contribution < -0.4 is 0 Å². The van der Waals surface area contributed by atoms with Crippen molar-refractivity contribution in [2.24, 2.45) is 5.92 Å². The number of carbonyl (C=O) groups is 1. The molecular weight excluding hydrogens is 194 g/mol. The molecule has 1 rings (SSSR count). The third kappa shape index (κ3) is 4.34. The highest BCUT2D eigenvalue weighted by Gasteiger charge is 2.19. The number of allylic oxidation sites excluding steroid dienone is 1. The van der Waals surface area contributed by atoms with Gasteiger partial charge in [0.25, 0.3) is 0 Å². The standard InChI is InChI=1S/C11H19NO3/c1-9(2)15-11(13)12(3)8-10-4-6-14-7-5-10/h10H,1,4-8H2,2-3H3. The van der Waals surface area contributed by atoms with Gasteiger partial charge < -0.3 is 14.4 Å². The zero-order valence-corrected chi connectivity index (χ0v) is 9.49. The molecule has 1 fully saturated rings. The fourth-order valence-electron chi connectivity index (χ4n) is 1.62. The van der Waals surface area contributed by atoms with Gasteiger partial charge in [-0.05, 0) is 25.7 Å². The third-order valence-corrected chi connectivity index (χ3v) is 2.45. The minimum absolute atomic E-state index is 0.325. The van der Waals surface area contributed by atoms with E-state index in [4.69, 9.17) is 9.47 Å². The van der Waals surface area contributed by atoms with E-state index >= 15 is 0 Å². The third-order valence-electron chi connectivity index (χ3n) is 2.45. The van der Waals surface area contributed by atoms with E-state index in [1.807, 2.05) is 0 Å². The van der Waals surface area contributed by atoms with Gasteiger partial charge in [0.15, 0.2) is 0 Å². The van der Waals surface area contributed by atoms with Gasteiger partial charge >= 0.3 is 6.09 Å². The van der Waals surface area contributed by atoms with Gasteiger partial charge in [-0.3, -0.25) is 0 Å². The van der Waals surface area contributed by atoms with Gasteiger partial charge in [0.1, 0.15) is 0 Å². The lowest BCUT2D eigenvalue weighted by Gasteiger charge is -2.26. The van der Waals surface area contributed by atoms with Crippen LogP contribution in [0.4, 0.5) is 4.79 Å². The zero-order chi connectivity index (χ0) is 11.3. The van der Waals surface area contributed by atoms with Crippen LogP contribution in [0.2, 0.25) is 0 Å². The molecule has 0 aromatic carbocycles. The van der Waals surface area contributed by atoms with Crippen LogP contribution in [0.15, 0.2) is 12.3 Å². The molecule has 86 valence electrons. The van der Waals surface area contributed by atoms with Gasteiger partial charge in [0.2, 0.25) is 0 Å². The van der Waals surface area contributed by atoms with Crippen LogP contribution in [0, 0.1) is 5.92 Å². The van der Waals surface area contributed by atoms with Crippen molar-refractivity contribution in [1.29, 1.82) is 0 Å². The molecule has 1 heterocycles. The van der Waals surface area contributed by atoms with E-state index in [1.165, 1.54) is 0 Å². The van der Waals surface area contributed by atoms with E-state index < -0.39 is 0 Å². The van der Waals surface area contributed by atoms with Crippen molar-refractivity contribution >= 4 is 6.09 Å². The number of hydrogen-bond acceptors (Lipinski definition) is 3. The van der Waals surface area contributed by atoms with E-state index in [0.717, 1.165) is 32.6 Å². The summed E-state index contributed by atoms with van der Waals surface area (Å²) in [4.78, 5) is 13.0. The Morgan fingerprint density at radius 3 is 2.67 bits per heavy atom. The molecule has 0 aromatic heterocycles. The van der Waals surface area contributed by atoms with E-state index in [0.29, 0.717) is 11.7 Å². The van der Waals surface area contributed by atoms with Crippen molar-refractivity contribution in [3.8, 4) is 0 Å².